The van der Waals surface area contributed by atoms with Gasteiger partial charge in [0.05, 0.1) is 6.61 Å². The van der Waals surface area contributed by atoms with Crippen LogP contribution >= 0.6 is 15.9 Å². The number of rotatable bonds is 8. The zero-order chi connectivity index (χ0) is 17.9. The standard InChI is InChI=1S/C16H22BrN3O4/c1-3-5-13(15(22)18-10-14(21)24-4-2)20-16(23)19-12-8-6-11(17)7-9-12/h6-9,13H,3-5,10H2,1-2H3,(H,18,22)(H2,19,20,23)/t13-/m0/s1. The molecule has 0 aromatic heterocycles. The molecular formula is C16H22BrN3O4. The van der Waals surface area contributed by atoms with Gasteiger partial charge in [-0.1, -0.05) is 29.3 Å². The van der Waals surface area contributed by atoms with E-state index in [4.69, 9.17) is 4.74 Å². The fraction of sp³-hybridized carbons (Fsp3) is 0.438. The summed E-state index contributed by atoms with van der Waals surface area (Å²) in [7, 11) is 0. The molecule has 0 aliphatic rings. The first-order valence-electron chi connectivity index (χ1n) is 7.72. The van der Waals surface area contributed by atoms with Crippen molar-refractivity contribution in [2.24, 2.45) is 0 Å². The molecule has 1 aromatic rings. The second-order valence-electron chi connectivity index (χ2n) is 4.97. The first kappa shape index (κ1) is 20.0. The molecular weight excluding hydrogens is 378 g/mol. The Labute approximate surface area is 149 Å². The summed E-state index contributed by atoms with van der Waals surface area (Å²) in [6.45, 7) is 3.62. The molecule has 7 nitrogen and oxygen atoms in total. The summed E-state index contributed by atoms with van der Waals surface area (Å²) in [6.07, 6.45) is 1.17. The number of esters is 1. The van der Waals surface area contributed by atoms with Crippen LogP contribution in [0.4, 0.5) is 10.5 Å². The lowest BCUT2D eigenvalue weighted by Crippen LogP contribution is -2.49. The average Bonchev–Trinajstić information content (AvgIpc) is 2.54. The Bertz CT molecular complexity index is 563. The van der Waals surface area contributed by atoms with Crippen LogP contribution in [-0.4, -0.2) is 37.1 Å². The van der Waals surface area contributed by atoms with Crippen LogP contribution in [0.25, 0.3) is 0 Å². The van der Waals surface area contributed by atoms with E-state index in [1.807, 2.05) is 6.92 Å². The van der Waals surface area contributed by atoms with Crippen LogP contribution in [0.5, 0.6) is 0 Å². The zero-order valence-electron chi connectivity index (χ0n) is 13.7. The Morgan fingerprint density at radius 3 is 2.42 bits per heavy atom. The summed E-state index contributed by atoms with van der Waals surface area (Å²) in [4.78, 5) is 35.4. The first-order valence-corrected chi connectivity index (χ1v) is 8.52. The van der Waals surface area contributed by atoms with E-state index < -0.39 is 23.9 Å². The van der Waals surface area contributed by atoms with Gasteiger partial charge in [0.1, 0.15) is 12.6 Å². The Morgan fingerprint density at radius 2 is 1.83 bits per heavy atom. The van der Waals surface area contributed by atoms with Crippen molar-refractivity contribution in [3.05, 3.63) is 28.7 Å². The lowest BCUT2D eigenvalue weighted by molar-refractivity contribution is -0.143. The fourth-order valence-corrected chi connectivity index (χ4v) is 2.17. The van der Waals surface area contributed by atoms with E-state index in [2.05, 4.69) is 31.9 Å². The van der Waals surface area contributed by atoms with Crippen LogP contribution in [0.3, 0.4) is 0 Å². The molecule has 8 heteroatoms. The minimum Gasteiger partial charge on any atom is -0.465 e. The number of ether oxygens (including phenoxy) is 1. The number of urea groups is 1. The van der Waals surface area contributed by atoms with Gasteiger partial charge in [-0.05, 0) is 37.6 Å². The smallest absolute Gasteiger partial charge is 0.325 e. The van der Waals surface area contributed by atoms with Gasteiger partial charge in [0.15, 0.2) is 0 Å². The molecule has 3 amide bonds. The van der Waals surface area contributed by atoms with Crippen LogP contribution in [0.1, 0.15) is 26.7 Å². The summed E-state index contributed by atoms with van der Waals surface area (Å²) >= 11 is 3.31. The van der Waals surface area contributed by atoms with E-state index >= 15 is 0 Å². The average molecular weight is 400 g/mol. The van der Waals surface area contributed by atoms with Crippen molar-refractivity contribution < 1.29 is 19.1 Å². The van der Waals surface area contributed by atoms with Gasteiger partial charge < -0.3 is 20.7 Å². The molecule has 0 unspecified atom stereocenters. The summed E-state index contributed by atoms with van der Waals surface area (Å²) in [6, 6.07) is 5.86. The summed E-state index contributed by atoms with van der Waals surface area (Å²) < 4.78 is 5.64. The van der Waals surface area contributed by atoms with Gasteiger partial charge in [-0.3, -0.25) is 9.59 Å². The monoisotopic (exact) mass is 399 g/mol. The van der Waals surface area contributed by atoms with Gasteiger partial charge in [-0.25, -0.2) is 4.79 Å². The van der Waals surface area contributed by atoms with Crippen molar-refractivity contribution in [3.63, 3.8) is 0 Å². The van der Waals surface area contributed by atoms with E-state index in [0.717, 1.165) is 4.47 Å². The molecule has 0 radical (unpaired) electrons. The number of carbonyl (C=O) groups excluding carboxylic acids is 3. The van der Waals surface area contributed by atoms with Gasteiger partial charge in [0.2, 0.25) is 5.91 Å². The highest BCUT2D eigenvalue weighted by molar-refractivity contribution is 9.10. The zero-order valence-corrected chi connectivity index (χ0v) is 15.3. The molecule has 1 aromatic carbocycles. The van der Waals surface area contributed by atoms with E-state index in [1.165, 1.54) is 0 Å². The predicted molar refractivity (Wildman–Crippen MR) is 94.6 cm³/mol. The lowest BCUT2D eigenvalue weighted by Gasteiger charge is -2.18. The molecule has 0 aliphatic carbocycles. The fourth-order valence-electron chi connectivity index (χ4n) is 1.91. The molecule has 0 saturated heterocycles. The third-order valence-corrected chi connectivity index (χ3v) is 3.54. The molecule has 0 aliphatic heterocycles. The van der Waals surface area contributed by atoms with Crippen LogP contribution in [0.2, 0.25) is 0 Å². The summed E-state index contributed by atoms with van der Waals surface area (Å²) in [5.74, 6) is -0.934. The molecule has 0 fully saturated rings. The lowest BCUT2D eigenvalue weighted by atomic mass is 10.1. The van der Waals surface area contributed by atoms with Crippen LogP contribution < -0.4 is 16.0 Å². The van der Waals surface area contributed by atoms with Gasteiger partial charge >= 0.3 is 12.0 Å². The largest absolute Gasteiger partial charge is 0.465 e. The van der Waals surface area contributed by atoms with Crippen LogP contribution in [0.15, 0.2) is 28.7 Å². The third kappa shape index (κ3) is 7.45. The number of amides is 3. The number of anilines is 1. The normalized spacial score (nSPS) is 11.3. The number of carbonyl (C=O) groups is 3. The number of halogens is 1. The van der Waals surface area contributed by atoms with E-state index in [0.29, 0.717) is 18.5 Å². The molecule has 0 saturated carbocycles. The molecule has 1 rings (SSSR count). The van der Waals surface area contributed by atoms with Crippen molar-refractivity contribution in [1.29, 1.82) is 0 Å². The first-order chi connectivity index (χ1) is 11.5. The maximum Gasteiger partial charge on any atom is 0.325 e. The van der Waals surface area contributed by atoms with E-state index in [-0.39, 0.29) is 13.2 Å². The highest BCUT2D eigenvalue weighted by Gasteiger charge is 2.20. The molecule has 3 N–H and O–H groups in total. The van der Waals surface area contributed by atoms with E-state index in [9.17, 15) is 14.4 Å². The summed E-state index contributed by atoms with van der Waals surface area (Å²) in [5, 5.41) is 7.73. The molecule has 0 spiro atoms. The van der Waals surface area contributed by atoms with Gasteiger partial charge in [-0.2, -0.15) is 0 Å². The molecule has 1 atom stereocenters. The molecule has 0 heterocycles. The summed E-state index contributed by atoms with van der Waals surface area (Å²) in [5.41, 5.74) is 0.609. The highest BCUT2D eigenvalue weighted by atomic mass is 79.9. The Morgan fingerprint density at radius 1 is 1.17 bits per heavy atom. The third-order valence-electron chi connectivity index (χ3n) is 3.01. The predicted octanol–water partition coefficient (Wildman–Crippen LogP) is 2.42. The minimum absolute atomic E-state index is 0.219. The Kier molecular flexibility index (Phi) is 8.85. The molecule has 24 heavy (non-hydrogen) atoms. The highest BCUT2D eigenvalue weighted by Crippen LogP contribution is 2.14. The van der Waals surface area contributed by atoms with Gasteiger partial charge in [0.25, 0.3) is 0 Å². The van der Waals surface area contributed by atoms with Crippen molar-refractivity contribution in [3.8, 4) is 0 Å². The maximum absolute atomic E-state index is 12.1. The molecule has 132 valence electrons. The Balaban J connectivity index is 2.54. The van der Waals surface area contributed by atoms with Crippen LogP contribution in [0, 0.1) is 0 Å². The second-order valence-corrected chi connectivity index (χ2v) is 5.89. The van der Waals surface area contributed by atoms with Crippen molar-refractivity contribution in [2.75, 3.05) is 18.5 Å². The number of hydrogen-bond acceptors (Lipinski definition) is 4. The second kappa shape index (κ2) is 10.6. The minimum atomic E-state index is -0.722. The van der Waals surface area contributed by atoms with E-state index in [1.54, 1.807) is 31.2 Å². The van der Waals surface area contributed by atoms with Gasteiger partial charge in [-0.15, -0.1) is 0 Å². The molecule has 0 bridgehead atoms. The Hall–Kier alpha value is -2.09. The quantitative estimate of drug-likeness (QED) is 0.584. The van der Waals surface area contributed by atoms with Crippen molar-refractivity contribution >= 4 is 39.5 Å². The van der Waals surface area contributed by atoms with Gasteiger partial charge in [0, 0.05) is 10.2 Å². The maximum atomic E-state index is 12.1. The SMILES string of the molecule is CCC[C@H](NC(=O)Nc1ccc(Br)cc1)C(=O)NCC(=O)OCC. The number of hydrogen-bond donors (Lipinski definition) is 3. The number of benzene rings is 1. The van der Waals surface area contributed by atoms with Crippen molar-refractivity contribution in [2.45, 2.75) is 32.7 Å². The number of nitrogens with one attached hydrogen (secondary N) is 3. The van der Waals surface area contributed by atoms with Crippen LogP contribution in [-0.2, 0) is 14.3 Å². The van der Waals surface area contributed by atoms with Crippen molar-refractivity contribution in [1.82, 2.24) is 10.6 Å². The topological polar surface area (TPSA) is 96.5 Å².